The molecule has 0 fully saturated rings. The molecule has 0 spiro atoms. The van der Waals surface area contributed by atoms with Gasteiger partial charge in [0.2, 0.25) is 0 Å². The van der Waals surface area contributed by atoms with Crippen molar-refractivity contribution in [3.63, 3.8) is 0 Å². The number of benzene rings is 1. The molecule has 1 rings (SSSR count). The Bertz CT molecular complexity index is 246. The lowest BCUT2D eigenvalue weighted by atomic mass is 10.1. The summed E-state index contributed by atoms with van der Waals surface area (Å²) in [4.78, 5) is 0. The summed E-state index contributed by atoms with van der Waals surface area (Å²) in [6.07, 6.45) is 0.151. The largest absolute Gasteiger partial charge is 0.375 e. The monoisotopic (exact) mass is 193 g/mol. The molecule has 78 valence electrons. The highest BCUT2D eigenvalue weighted by Gasteiger charge is 2.09. The molecule has 0 aromatic heterocycles. The average molecular weight is 193 g/mol. The summed E-state index contributed by atoms with van der Waals surface area (Å²) in [5, 5.41) is 3.37. The van der Waals surface area contributed by atoms with Gasteiger partial charge in [-0.1, -0.05) is 44.2 Å². The molecule has 0 saturated heterocycles. The first-order valence-electron chi connectivity index (χ1n) is 5.05. The molecule has 1 unspecified atom stereocenters. The van der Waals surface area contributed by atoms with E-state index in [2.05, 4.69) is 31.3 Å². The Kier molecular flexibility index (Phi) is 4.63. The van der Waals surface area contributed by atoms with E-state index in [0.717, 1.165) is 6.54 Å². The van der Waals surface area contributed by atoms with E-state index < -0.39 is 0 Å². The van der Waals surface area contributed by atoms with Gasteiger partial charge in [0.25, 0.3) is 0 Å². The first-order chi connectivity index (χ1) is 6.74. The highest BCUT2D eigenvalue weighted by Crippen LogP contribution is 2.14. The van der Waals surface area contributed by atoms with Crippen LogP contribution < -0.4 is 5.32 Å². The smallest absolute Gasteiger partial charge is 0.0945 e. The van der Waals surface area contributed by atoms with Crippen molar-refractivity contribution in [3.8, 4) is 0 Å². The molecule has 2 nitrogen and oxygen atoms in total. The Morgan fingerprint density at radius 3 is 2.36 bits per heavy atom. The Hall–Kier alpha value is -0.860. The van der Waals surface area contributed by atoms with Gasteiger partial charge in [-0.15, -0.1) is 0 Å². The van der Waals surface area contributed by atoms with Crippen molar-refractivity contribution in [2.45, 2.75) is 26.0 Å². The minimum absolute atomic E-state index is 0.151. The minimum atomic E-state index is 0.151. The average Bonchev–Trinajstić information content (AvgIpc) is 2.20. The van der Waals surface area contributed by atoms with E-state index >= 15 is 0 Å². The molecule has 0 aliphatic carbocycles. The zero-order valence-corrected chi connectivity index (χ0v) is 9.16. The molecular formula is C12H19NO. The van der Waals surface area contributed by atoms with Gasteiger partial charge in [-0.3, -0.25) is 0 Å². The molecule has 1 atom stereocenters. The van der Waals surface area contributed by atoms with Crippen LogP contribution in [0.2, 0.25) is 0 Å². The third-order valence-corrected chi connectivity index (χ3v) is 2.17. The summed E-state index contributed by atoms with van der Waals surface area (Å²) >= 11 is 0. The standard InChI is InChI=1S/C12H19NO/c1-10(2)13-9-12(14-3)11-7-5-4-6-8-11/h4-8,10,12-13H,9H2,1-3H3. The Morgan fingerprint density at radius 1 is 1.21 bits per heavy atom. The lowest BCUT2D eigenvalue weighted by Gasteiger charge is -2.18. The molecule has 0 aliphatic rings. The zero-order valence-electron chi connectivity index (χ0n) is 9.16. The number of ether oxygens (including phenoxy) is 1. The van der Waals surface area contributed by atoms with E-state index in [1.807, 2.05) is 18.2 Å². The Balaban J connectivity index is 2.54. The molecule has 0 bridgehead atoms. The predicted molar refractivity (Wildman–Crippen MR) is 59.3 cm³/mol. The molecule has 0 heterocycles. The van der Waals surface area contributed by atoms with Gasteiger partial charge in [0.1, 0.15) is 0 Å². The second kappa shape index (κ2) is 5.78. The third kappa shape index (κ3) is 3.48. The maximum Gasteiger partial charge on any atom is 0.0945 e. The van der Waals surface area contributed by atoms with Crippen molar-refractivity contribution in [1.29, 1.82) is 0 Å². The summed E-state index contributed by atoms with van der Waals surface area (Å²) in [6, 6.07) is 10.8. The molecule has 0 radical (unpaired) electrons. The number of methoxy groups -OCH3 is 1. The van der Waals surface area contributed by atoms with E-state index in [1.165, 1.54) is 5.56 Å². The molecule has 2 heteroatoms. The zero-order chi connectivity index (χ0) is 10.4. The molecular weight excluding hydrogens is 174 g/mol. The van der Waals surface area contributed by atoms with Gasteiger partial charge in [-0.2, -0.15) is 0 Å². The van der Waals surface area contributed by atoms with Crippen molar-refractivity contribution < 1.29 is 4.74 Å². The van der Waals surface area contributed by atoms with Crippen LogP contribution in [0.3, 0.4) is 0 Å². The van der Waals surface area contributed by atoms with Gasteiger partial charge in [0.15, 0.2) is 0 Å². The van der Waals surface area contributed by atoms with Crippen LogP contribution in [-0.2, 0) is 4.74 Å². The SMILES string of the molecule is COC(CNC(C)C)c1ccccc1. The highest BCUT2D eigenvalue weighted by atomic mass is 16.5. The summed E-state index contributed by atoms with van der Waals surface area (Å²) < 4.78 is 5.42. The van der Waals surface area contributed by atoms with Gasteiger partial charge in [0, 0.05) is 19.7 Å². The van der Waals surface area contributed by atoms with Crippen molar-refractivity contribution in [3.05, 3.63) is 35.9 Å². The number of rotatable bonds is 5. The molecule has 1 N–H and O–H groups in total. The Morgan fingerprint density at radius 2 is 1.86 bits per heavy atom. The van der Waals surface area contributed by atoms with Crippen molar-refractivity contribution >= 4 is 0 Å². The number of nitrogens with one attached hydrogen (secondary N) is 1. The van der Waals surface area contributed by atoms with Gasteiger partial charge < -0.3 is 10.1 Å². The maximum absolute atomic E-state index is 5.42. The second-order valence-corrected chi connectivity index (χ2v) is 3.70. The lowest BCUT2D eigenvalue weighted by Crippen LogP contribution is -2.28. The summed E-state index contributed by atoms with van der Waals surface area (Å²) in [7, 11) is 1.75. The van der Waals surface area contributed by atoms with Crippen LogP contribution in [0.5, 0.6) is 0 Å². The van der Waals surface area contributed by atoms with Gasteiger partial charge in [-0.25, -0.2) is 0 Å². The molecule has 0 saturated carbocycles. The normalized spacial score (nSPS) is 13.1. The highest BCUT2D eigenvalue weighted by molar-refractivity contribution is 5.17. The van der Waals surface area contributed by atoms with Gasteiger partial charge in [0.05, 0.1) is 6.10 Å². The van der Waals surface area contributed by atoms with E-state index in [-0.39, 0.29) is 6.10 Å². The molecule has 1 aromatic carbocycles. The van der Waals surface area contributed by atoms with E-state index in [9.17, 15) is 0 Å². The van der Waals surface area contributed by atoms with Crippen LogP contribution in [0.4, 0.5) is 0 Å². The van der Waals surface area contributed by atoms with Crippen molar-refractivity contribution in [2.24, 2.45) is 0 Å². The van der Waals surface area contributed by atoms with Crippen LogP contribution in [0.1, 0.15) is 25.5 Å². The van der Waals surface area contributed by atoms with Crippen LogP contribution in [-0.4, -0.2) is 19.7 Å². The first-order valence-corrected chi connectivity index (χ1v) is 5.05. The van der Waals surface area contributed by atoms with E-state index in [0.29, 0.717) is 6.04 Å². The van der Waals surface area contributed by atoms with E-state index in [4.69, 9.17) is 4.74 Å². The quantitative estimate of drug-likeness (QED) is 0.775. The topological polar surface area (TPSA) is 21.3 Å². The number of hydrogen-bond donors (Lipinski definition) is 1. The van der Waals surface area contributed by atoms with Gasteiger partial charge >= 0.3 is 0 Å². The molecule has 1 aromatic rings. The minimum Gasteiger partial charge on any atom is -0.375 e. The molecule has 14 heavy (non-hydrogen) atoms. The fourth-order valence-electron chi connectivity index (χ4n) is 1.35. The van der Waals surface area contributed by atoms with Crippen molar-refractivity contribution in [1.82, 2.24) is 5.32 Å². The van der Waals surface area contributed by atoms with Crippen molar-refractivity contribution in [2.75, 3.05) is 13.7 Å². The van der Waals surface area contributed by atoms with Crippen LogP contribution in [0, 0.1) is 0 Å². The summed E-state index contributed by atoms with van der Waals surface area (Å²) in [5.41, 5.74) is 1.23. The van der Waals surface area contributed by atoms with Gasteiger partial charge in [-0.05, 0) is 5.56 Å². The fourth-order valence-corrected chi connectivity index (χ4v) is 1.35. The molecule has 0 amide bonds. The predicted octanol–water partition coefficient (Wildman–Crippen LogP) is 2.37. The van der Waals surface area contributed by atoms with Crippen LogP contribution in [0.15, 0.2) is 30.3 Å². The van der Waals surface area contributed by atoms with Crippen LogP contribution >= 0.6 is 0 Å². The third-order valence-electron chi connectivity index (χ3n) is 2.17. The number of hydrogen-bond acceptors (Lipinski definition) is 2. The molecule has 0 aliphatic heterocycles. The second-order valence-electron chi connectivity index (χ2n) is 3.70. The lowest BCUT2D eigenvalue weighted by molar-refractivity contribution is 0.100. The first kappa shape index (κ1) is 11.2. The Labute approximate surface area is 86.3 Å². The summed E-state index contributed by atoms with van der Waals surface area (Å²) in [6.45, 7) is 5.13. The summed E-state index contributed by atoms with van der Waals surface area (Å²) in [5.74, 6) is 0. The fraction of sp³-hybridized carbons (Fsp3) is 0.500. The van der Waals surface area contributed by atoms with E-state index in [1.54, 1.807) is 7.11 Å². The van der Waals surface area contributed by atoms with Crippen LogP contribution in [0.25, 0.3) is 0 Å². The maximum atomic E-state index is 5.42.